The van der Waals surface area contributed by atoms with Crippen molar-refractivity contribution < 1.29 is 14.7 Å². The van der Waals surface area contributed by atoms with Crippen molar-refractivity contribution in [3.8, 4) is 11.5 Å². The van der Waals surface area contributed by atoms with Crippen molar-refractivity contribution in [2.75, 3.05) is 24.8 Å². The third kappa shape index (κ3) is 4.92. The van der Waals surface area contributed by atoms with Gasteiger partial charge >= 0.3 is 0 Å². The van der Waals surface area contributed by atoms with Crippen LogP contribution in [0.2, 0.25) is 0 Å². The maximum Gasteiger partial charge on any atom is 0.255 e. The van der Waals surface area contributed by atoms with Gasteiger partial charge in [0.15, 0.2) is 0 Å². The van der Waals surface area contributed by atoms with E-state index in [0.717, 1.165) is 18.8 Å². The average molecular weight is 314 g/mol. The summed E-state index contributed by atoms with van der Waals surface area (Å²) < 4.78 is 5.35. The fourth-order valence-electron chi connectivity index (χ4n) is 2.16. The Bertz CT molecular complexity index is 625. The number of anilines is 1. The van der Waals surface area contributed by atoms with Gasteiger partial charge in [0.2, 0.25) is 0 Å². The van der Waals surface area contributed by atoms with E-state index in [4.69, 9.17) is 9.57 Å². The van der Waals surface area contributed by atoms with Gasteiger partial charge in [-0.25, -0.2) is 0 Å². The first-order valence-electron chi connectivity index (χ1n) is 7.65. The predicted molar refractivity (Wildman–Crippen MR) is 92.3 cm³/mol. The molecular formula is C18H22N2O3. The van der Waals surface area contributed by atoms with Crippen LogP contribution in [-0.4, -0.2) is 31.2 Å². The molecule has 0 saturated heterocycles. The predicted octanol–water partition coefficient (Wildman–Crippen LogP) is 3.63. The molecule has 5 heteroatoms. The summed E-state index contributed by atoms with van der Waals surface area (Å²) in [7, 11) is 0. The molecule has 0 aliphatic heterocycles. The maximum atomic E-state index is 10.1. The number of aromatic hydroxyl groups is 1. The van der Waals surface area contributed by atoms with E-state index in [9.17, 15) is 5.11 Å². The van der Waals surface area contributed by atoms with Gasteiger partial charge in [0.25, 0.3) is 6.79 Å². The number of ether oxygens (including phenoxy) is 1. The van der Waals surface area contributed by atoms with Gasteiger partial charge in [0, 0.05) is 30.4 Å². The number of hydrogen-bond acceptors (Lipinski definition) is 5. The fraction of sp³-hybridized carbons (Fsp3) is 0.278. The Morgan fingerprint density at radius 2 is 1.83 bits per heavy atom. The van der Waals surface area contributed by atoms with Crippen molar-refractivity contribution in [1.82, 2.24) is 0 Å². The molecule has 2 aromatic carbocycles. The van der Waals surface area contributed by atoms with Crippen LogP contribution < -0.4 is 9.64 Å². The number of phenolic OH excluding ortho intramolecular Hbond substituents is 1. The lowest BCUT2D eigenvalue weighted by atomic mass is 10.2. The average Bonchev–Trinajstić information content (AvgIpc) is 2.58. The molecule has 0 aromatic heterocycles. The number of phenols is 1. The van der Waals surface area contributed by atoms with Gasteiger partial charge in [0.1, 0.15) is 11.5 Å². The van der Waals surface area contributed by atoms with Gasteiger partial charge in [-0.3, -0.25) is 0 Å². The molecule has 0 aliphatic carbocycles. The zero-order valence-corrected chi connectivity index (χ0v) is 13.5. The van der Waals surface area contributed by atoms with Crippen LogP contribution in [0.1, 0.15) is 19.4 Å². The molecule has 2 aromatic rings. The first-order chi connectivity index (χ1) is 11.2. The van der Waals surface area contributed by atoms with Crippen LogP contribution in [0.15, 0.2) is 53.7 Å². The molecule has 0 saturated carbocycles. The highest BCUT2D eigenvalue weighted by Crippen LogP contribution is 2.23. The summed E-state index contributed by atoms with van der Waals surface area (Å²) in [6, 6.07) is 14.9. The summed E-state index contributed by atoms with van der Waals surface area (Å²) in [5.41, 5.74) is 1.58. The fourth-order valence-corrected chi connectivity index (χ4v) is 2.16. The van der Waals surface area contributed by atoms with E-state index in [2.05, 4.69) is 23.9 Å². The van der Waals surface area contributed by atoms with E-state index in [-0.39, 0.29) is 12.5 Å². The zero-order chi connectivity index (χ0) is 16.5. The van der Waals surface area contributed by atoms with Crippen molar-refractivity contribution in [2.24, 2.45) is 5.16 Å². The number of benzene rings is 2. The minimum atomic E-state index is 0.0127. The van der Waals surface area contributed by atoms with Crippen LogP contribution in [0.25, 0.3) is 0 Å². The molecule has 0 radical (unpaired) electrons. The second-order valence-corrected chi connectivity index (χ2v) is 4.85. The Morgan fingerprint density at radius 1 is 1.09 bits per heavy atom. The summed E-state index contributed by atoms with van der Waals surface area (Å²) in [5, 5.41) is 13.9. The molecule has 0 atom stereocenters. The Labute approximate surface area is 136 Å². The SMILES string of the molecule is CCN(CC)c1ccc(/C=N/OCOc2ccccc2)c(O)c1. The van der Waals surface area contributed by atoms with Crippen molar-refractivity contribution in [1.29, 1.82) is 0 Å². The number of para-hydroxylation sites is 1. The van der Waals surface area contributed by atoms with Gasteiger partial charge in [-0.05, 0) is 38.1 Å². The lowest BCUT2D eigenvalue weighted by molar-refractivity contribution is 0.0198. The monoisotopic (exact) mass is 314 g/mol. The minimum Gasteiger partial charge on any atom is -0.507 e. The third-order valence-corrected chi connectivity index (χ3v) is 3.43. The maximum absolute atomic E-state index is 10.1. The summed E-state index contributed by atoms with van der Waals surface area (Å²) >= 11 is 0. The van der Waals surface area contributed by atoms with Gasteiger partial charge in [0.05, 0.1) is 6.21 Å². The molecule has 0 heterocycles. The van der Waals surface area contributed by atoms with Gasteiger partial charge in [-0.1, -0.05) is 23.4 Å². The lowest BCUT2D eigenvalue weighted by Gasteiger charge is -2.21. The van der Waals surface area contributed by atoms with Crippen molar-refractivity contribution in [3.05, 3.63) is 54.1 Å². The lowest BCUT2D eigenvalue weighted by Crippen LogP contribution is -2.21. The molecule has 5 nitrogen and oxygen atoms in total. The Hall–Kier alpha value is -2.69. The van der Waals surface area contributed by atoms with Crippen LogP contribution in [-0.2, 0) is 4.84 Å². The molecule has 0 spiro atoms. The Balaban J connectivity index is 1.87. The summed E-state index contributed by atoms with van der Waals surface area (Å²) in [6.07, 6.45) is 1.47. The van der Waals surface area contributed by atoms with Gasteiger partial charge in [-0.15, -0.1) is 0 Å². The molecular weight excluding hydrogens is 292 g/mol. The molecule has 1 N–H and O–H groups in total. The normalized spacial score (nSPS) is 10.7. The van der Waals surface area contributed by atoms with Crippen LogP contribution >= 0.6 is 0 Å². The van der Waals surface area contributed by atoms with Crippen LogP contribution in [0, 0.1) is 0 Å². The summed E-state index contributed by atoms with van der Waals surface area (Å²) in [5.74, 6) is 0.889. The van der Waals surface area contributed by atoms with Gasteiger partial charge < -0.3 is 19.6 Å². The second kappa shape index (κ2) is 8.68. The number of oxime groups is 1. The van der Waals surface area contributed by atoms with E-state index < -0.39 is 0 Å². The minimum absolute atomic E-state index is 0.0127. The van der Waals surface area contributed by atoms with Crippen LogP contribution in [0.4, 0.5) is 5.69 Å². The number of nitrogens with zero attached hydrogens (tertiary/aromatic N) is 2. The molecule has 23 heavy (non-hydrogen) atoms. The molecule has 0 amide bonds. The van der Waals surface area contributed by atoms with E-state index in [1.165, 1.54) is 6.21 Å². The highest BCUT2D eigenvalue weighted by molar-refractivity contribution is 5.84. The van der Waals surface area contributed by atoms with Crippen molar-refractivity contribution >= 4 is 11.9 Å². The number of hydrogen-bond donors (Lipinski definition) is 1. The van der Waals surface area contributed by atoms with E-state index in [1.54, 1.807) is 6.07 Å². The topological polar surface area (TPSA) is 54.3 Å². The van der Waals surface area contributed by atoms with Gasteiger partial charge in [-0.2, -0.15) is 0 Å². The molecule has 122 valence electrons. The molecule has 2 rings (SSSR count). The third-order valence-electron chi connectivity index (χ3n) is 3.43. The van der Waals surface area contributed by atoms with Crippen molar-refractivity contribution in [3.63, 3.8) is 0 Å². The molecule has 0 aliphatic rings. The first-order valence-corrected chi connectivity index (χ1v) is 7.65. The molecule has 0 bridgehead atoms. The Morgan fingerprint density at radius 3 is 2.48 bits per heavy atom. The standard InChI is InChI=1S/C18H22N2O3/c1-3-20(4-2)16-11-10-15(18(21)12-16)13-19-23-14-22-17-8-6-5-7-9-17/h5-13,21H,3-4,14H2,1-2H3/b19-13+. The first kappa shape index (κ1) is 16.7. The van der Waals surface area contributed by atoms with Crippen LogP contribution in [0.5, 0.6) is 11.5 Å². The molecule has 0 unspecified atom stereocenters. The van der Waals surface area contributed by atoms with Crippen LogP contribution in [0.3, 0.4) is 0 Å². The van der Waals surface area contributed by atoms with Crippen molar-refractivity contribution in [2.45, 2.75) is 13.8 Å². The largest absolute Gasteiger partial charge is 0.507 e. The van der Waals surface area contributed by atoms with E-state index >= 15 is 0 Å². The quantitative estimate of drug-likeness (QED) is 0.350. The zero-order valence-electron chi connectivity index (χ0n) is 13.5. The van der Waals surface area contributed by atoms with E-state index in [1.807, 2.05) is 42.5 Å². The summed E-state index contributed by atoms with van der Waals surface area (Å²) in [6.45, 7) is 5.96. The smallest absolute Gasteiger partial charge is 0.255 e. The molecule has 0 fully saturated rings. The summed E-state index contributed by atoms with van der Waals surface area (Å²) in [4.78, 5) is 7.20. The number of rotatable bonds is 8. The Kier molecular flexibility index (Phi) is 6.29. The highest BCUT2D eigenvalue weighted by Gasteiger charge is 2.05. The highest BCUT2D eigenvalue weighted by atomic mass is 16.7. The van der Waals surface area contributed by atoms with E-state index in [0.29, 0.717) is 11.3 Å². The second-order valence-electron chi connectivity index (χ2n) is 4.85.